The van der Waals surface area contributed by atoms with Crippen LogP contribution in [0.3, 0.4) is 0 Å². The van der Waals surface area contributed by atoms with Gasteiger partial charge in [-0.1, -0.05) is 23.7 Å². The molecule has 1 aliphatic rings. The first kappa shape index (κ1) is 17.7. The monoisotopic (exact) mass is 428 g/mol. The number of para-hydroxylation sites is 1. The molecule has 2 aromatic carbocycles. The molecule has 0 amide bonds. The Hall–Kier alpha value is -1.08. The number of anilines is 1. The molecule has 0 aliphatic carbocycles. The van der Waals surface area contributed by atoms with E-state index in [1.54, 1.807) is 28.6 Å². The number of nitrogens with zero attached hydrogens (tertiary/aromatic N) is 1. The topological polar surface area (TPSA) is 49.4 Å². The summed E-state index contributed by atoms with van der Waals surface area (Å²) in [6, 6.07) is 14.5. The van der Waals surface area contributed by atoms with Crippen molar-refractivity contribution in [1.29, 1.82) is 0 Å². The van der Waals surface area contributed by atoms with Gasteiger partial charge in [-0.25, -0.2) is 8.42 Å². The number of hydrogen-bond acceptors (Lipinski definition) is 3. The highest BCUT2D eigenvalue weighted by atomic mass is 79.9. The summed E-state index contributed by atoms with van der Waals surface area (Å²) in [7, 11) is -3.45. The van der Waals surface area contributed by atoms with Gasteiger partial charge in [0.25, 0.3) is 0 Å². The maximum atomic E-state index is 12.7. The predicted octanol–water partition coefficient (Wildman–Crippen LogP) is 4.37. The van der Waals surface area contributed by atoms with Gasteiger partial charge in [0.15, 0.2) is 0 Å². The first-order valence-corrected chi connectivity index (χ1v) is 10.3. The fourth-order valence-corrected chi connectivity index (χ4v) is 4.79. The van der Waals surface area contributed by atoms with Gasteiger partial charge in [-0.2, -0.15) is 4.31 Å². The zero-order valence-corrected chi connectivity index (χ0v) is 16.1. The maximum Gasteiger partial charge on any atom is 0.243 e. The SMILES string of the molecule is O=S(=O)(c1ccc(Cl)cc1)N1CCC(Nc2ccccc2Br)CC1. The van der Waals surface area contributed by atoms with E-state index in [-0.39, 0.29) is 6.04 Å². The highest BCUT2D eigenvalue weighted by molar-refractivity contribution is 9.10. The van der Waals surface area contributed by atoms with Gasteiger partial charge in [0.1, 0.15) is 0 Å². The lowest BCUT2D eigenvalue weighted by Gasteiger charge is -2.32. The second-order valence-electron chi connectivity index (χ2n) is 5.76. The van der Waals surface area contributed by atoms with Crippen molar-refractivity contribution in [2.45, 2.75) is 23.8 Å². The lowest BCUT2D eigenvalue weighted by Crippen LogP contribution is -2.42. The average Bonchev–Trinajstić information content (AvgIpc) is 2.58. The van der Waals surface area contributed by atoms with Crippen LogP contribution in [0, 0.1) is 0 Å². The average molecular weight is 430 g/mol. The lowest BCUT2D eigenvalue weighted by atomic mass is 10.1. The Balaban J connectivity index is 1.64. The van der Waals surface area contributed by atoms with E-state index in [0.29, 0.717) is 23.0 Å². The quantitative estimate of drug-likeness (QED) is 0.785. The molecule has 0 aromatic heterocycles. The molecule has 0 saturated carbocycles. The van der Waals surface area contributed by atoms with Gasteiger partial charge in [0.2, 0.25) is 10.0 Å². The predicted molar refractivity (Wildman–Crippen MR) is 101 cm³/mol. The minimum absolute atomic E-state index is 0.264. The molecule has 0 unspecified atom stereocenters. The molecule has 7 heteroatoms. The Morgan fingerprint density at radius 2 is 1.67 bits per heavy atom. The van der Waals surface area contributed by atoms with Crippen LogP contribution in [0.2, 0.25) is 5.02 Å². The van der Waals surface area contributed by atoms with Gasteiger partial charge < -0.3 is 5.32 Å². The van der Waals surface area contributed by atoms with Crippen LogP contribution in [0.15, 0.2) is 57.9 Å². The Labute approximate surface area is 156 Å². The third-order valence-corrected chi connectivity index (χ3v) is 7.00. The van der Waals surface area contributed by atoms with E-state index in [4.69, 9.17) is 11.6 Å². The van der Waals surface area contributed by atoms with Crippen molar-refractivity contribution < 1.29 is 8.42 Å². The van der Waals surface area contributed by atoms with Crippen LogP contribution in [0.5, 0.6) is 0 Å². The van der Waals surface area contributed by atoms with Gasteiger partial charge in [0.05, 0.1) is 4.90 Å². The van der Waals surface area contributed by atoms with Crippen LogP contribution in [0.25, 0.3) is 0 Å². The molecule has 24 heavy (non-hydrogen) atoms. The molecule has 0 atom stereocenters. The fraction of sp³-hybridized carbons (Fsp3) is 0.294. The number of nitrogens with one attached hydrogen (secondary N) is 1. The number of halogens is 2. The van der Waals surface area contributed by atoms with Crippen LogP contribution >= 0.6 is 27.5 Å². The van der Waals surface area contributed by atoms with Crippen molar-refractivity contribution in [3.05, 3.63) is 58.0 Å². The van der Waals surface area contributed by atoms with Crippen molar-refractivity contribution in [1.82, 2.24) is 4.31 Å². The molecule has 0 bridgehead atoms. The molecule has 0 radical (unpaired) electrons. The molecule has 1 fully saturated rings. The van der Waals surface area contributed by atoms with Gasteiger partial charge in [0, 0.05) is 34.3 Å². The minimum Gasteiger partial charge on any atom is -0.381 e. The minimum atomic E-state index is -3.45. The van der Waals surface area contributed by atoms with E-state index in [1.807, 2.05) is 24.3 Å². The fourth-order valence-electron chi connectivity index (χ4n) is 2.79. The van der Waals surface area contributed by atoms with Crippen LogP contribution in [-0.2, 0) is 10.0 Å². The third-order valence-electron chi connectivity index (χ3n) is 4.14. The van der Waals surface area contributed by atoms with E-state index in [9.17, 15) is 8.42 Å². The molecule has 4 nitrogen and oxygen atoms in total. The Morgan fingerprint density at radius 3 is 2.29 bits per heavy atom. The number of benzene rings is 2. The number of sulfonamides is 1. The van der Waals surface area contributed by atoms with Crippen molar-refractivity contribution >= 4 is 43.2 Å². The summed E-state index contributed by atoms with van der Waals surface area (Å²) in [5.41, 5.74) is 1.04. The molecule has 2 aromatic rings. The van der Waals surface area contributed by atoms with Crippen molar-refractivity contribution in [2.24, 2.45) is 0 Å². The second kappa shape index (κ2) is 7.44. The van der Waals surface area contributed by atoms with Crippen molar-refractivity contribution in [3.63, 3.8) is 0 Å². The summed E-state index contributed by atoms with van der Waals surface area (Å²) >= 11 is 9.36. The smallest absolute Gasteiger partial charge is 0.243 e. The van der Waals surface area contributed by atoms with E-state index in [1.165, 1.54) is 0 Å². The zero-order valence-electron chi connectivity index (χ0n) is 13.0. The van der Waals surface area contributed by atoms with Gasteiger partial charge in [-0.05, 0) is 65.2 Å². The highest BCUT2D eigenvalue weighted by Crippen LogP contribution is 2.26. The molecule has 1 aliphatic heterocycles. The molecular formula is C17H18BrClN2O2S. The summed E-state index contributed by atoms with van der Waals surface area (Å²) in [6.45, 7) is 1.01. The molecule has 1 saturated heterocycles. The first-order valence-electron chi connectivity index (χ1n) is 7.73. The first-order chi connectivity index (χ1) is 11.5. The van der Waals surface area contributed by atoms with Gasteiger partial charge >= 0.3 is 0 Å². The Bertz CT molecular complexity index is 804. The number of hydrogen-bond donors (Lipinski definition) is 1. The van der Waals surface area contributed by atoms with Crippen LogP contribution in [0.4, 0.5) is 5.69 Å². The highest BCUT2D eigenvalue weighted by Gasteiger charge is 2.29. The maximum absolute atomic E-state index is 12.7. The summed E-state index contributed by atoms with van der Waals surface area (Å²) in [6.07, 6.45) is 1.54. The van der Waals surface area contributed by atoms with Crippen molar-refractivity contribution in [3.8, 4) is 0 Å². The van der Waals surface area contributed by atoms with Gasteiger partial charge in [-0.15, -0.1) is 0 Å². The van der Waals surface area contributed by atoms with Crippen molar-refractivity contribution in [2.75, 3.05) is 18.4 Å². The molecular weight excluding hydrogens is 412 g/mol. The molecule has 128 valence electrons. The Morgan fingerprint density at radius 1 is 1.04 bits per heavy atom. The molecule has 1 heterocycles. The van der Waals surface area contributed by atoms with Crippen LogP contribution < -0.4 is 5.32 Å². The van der Waals surface area contributed by atoms with Gasteiger partial charge in [-0.3, -0.25) is 0 Å². The largest absolute Gasteiger partial charge is 0.381 e. The van der Waals surface area contributed by atoms with Crippen LogP contribution in [-0.4, -0.2) is 31.9 Å². The third kappa shape index (κ3) is 3.94. The summed E-state index contributed by atoms with van der Waals surface area (Å²) in [5.74, 6) is 0. The summed E-state index contributed by atoms with van der Waals surface area (Å²) < 4.78 is 27.9. The van der Waals surface area contributed by atoms with E-state index in [0.717, 1.165) is 23.0 Å². The number of piperidine rings is 1. The normalized spacial score (nSPS) is 16.9. The summed E-state index contributed by atoms with van der Waals surface area (Å²) in [5, 5.41) is 4.02. The van der Waals surface area contributed by atoms with E-state index < -0.39 is 10.0 Å². The summed E-state index contributed by atoms with van der Waals surface area (Å²) in [4.78, 5) is 0.295. The van der Waals surface area contributed by atoms with E-state index >= 15 is 0 Å². The molecule has 0 spiro atoms. The molecule has 1 N–H and O–H groups in total. The molecule has 3 rings (SSSR count). The Kier molecular flexibility index (Phi) is 5.49. The zero-order chi connectivity index (χ0) is 17.2. The standard InChI is InChI=1S/C17H18BrClN2O2S/c18-16-3-1-2-4-17(16)20-14-9-11-21(12-10-14)24(22,23)15-7-5-13(19)6-8-15/h1-8,14,20H,9-12H2. The number of rotatable bonds is 4. The van der Waals surface area contributed by atoms with E-state index in [2.05, 4.69) is 21.2 Å². The van der Waals surface area contributed by atoms with Crippen LogP contribution in [0.1, 0.15) is 12.8 Å². The second-order valence-corrected chi connectivity index (χ2v) is 8.99. The lowest BCUT2D eigenvalue weighted by molar-refractivity contribution is 0.329.